The summed E-state index contributed by atoms with van der Waals surface area (Å²) in [4.78, 5) is 0. The second-order valence-electron chi connectivity index (χ2n) is 3.80. The Bertz CT molecular complexity index is 571. The summed E-state index contributed by atoms with van der Waals surface area (Å²) in [5, 5.41) is 14.5. The second kappa shape index (κ2) is 4.96. The number of aliphatic hydroxyl groups is 1. The maximum atomic E-state index is 13.2. The fraction of sp³-hybridized carbons (Fsp3) is 0.250. The lowest BCUT2D eigenvalue weighted by atomic mass is 10.1. The number of aromatic nitrogens is 2. The average Bonchev–Trinajstić information content (AvgIpc) is 2.73. The summed E-state index contributed by atoms with van der Waals surface area (Å²) in [6.07, 6.45) is -1.09. The van der Waals surface area contributed by atoms with Crippen LogP contribution in [0.15, 0.2) is 24.3 Å². The van der Waals surface area contributed by atoms with Crippen LogP contribution in [-0.4, -0.2) is 22.0 Å². The molecular weight excluding hydrogens is 259 g/mol. The van der Waals surface area contributed by atoms with E-state index in [9.17, 15) is 9.50 Å². The van der Waals surface area contributed by atoms with E-state index < -0.39 is 11.9 Å². The highest BCUT2D eigenvalue weighted by Gasteiger charge is 2.19. The van der Waals surface area contributed by atoms with Crippen molar-refractivity contribution in [2.45, 2.75) is 6.10 Å². The lowest BCUT2D eigenvalue weighted by molar-refractivity contribution is 0.214. The molecule has 0 spiro atoms. The van der Waals surface area contributed by atoms with Crippen LogP contribution < -0.4 is 4.74 Å². The largest absolute Gasteiger partial charge is 0.481 e. The number of benzene rings is 1. The lowest BCUT2D eigenvalue weighted by Crippen LogP contribution is -2.03. The third-order valence-electron chi connectivity index (χ3n) is 2.60. The van der Waals surface area contributed by atoms with Crippen LogP contribution in [0.3, 0.4) is 0 Å². The van der Waals surface area contributed by atoms with Gasteiger partial charge in [0.2, 0.25) is 5.88 Å². The standard InChI is InChI=1S/C12H12ClFN2O2/c1-16-11(18-2)6-10(15-16)12(17)8-5-7(14)3-4-9(8)13/h3-6,12,17H,1-2H3. The maximum absolute atomic E-state index is 13.2. The fourth-order valence-electron chi connectivity index (χ4n) is 1.68. The summed E-state index contributed by atoms with van der Waals surface area (Å²) >= 11 is 5.93. The van der Waals surface area contributed by atoms with Gasteiger partial charge in [0, 0.05) is 23.7 Å². The molecule has 0 bridgehead atoms. The zero-order chi connectivity index (χ0) is 13.3. The van der Waals surface area contributed by atoms with E-state index in [1.807, 2.05) is 0 Å². The van der Waals surface area contributed by atoms with Gasteiger partial charge in [-0.3, -0.25) is 0 Å². The molecule has 1 aromatic heterocycles. The van der Waals surface area contributed by atoms with Gasteiger partial charge in [-0.15, -0.1) is 0 Å². The minimum atomic E-state index is -1.09. The van der Waals surface area contributed by atoms with Gasteiger partial charge in [0.25, 0.3) is 0 Å². The number of rotatable bonds is 3. The van der Waals surface area contributed by atoms with Crippen molar-refractivity contribution in [1.29, 1.82) is 0 Å². The quantitative estimate of drug-likeness (QED) is 0.931. The normalized spacial score (nSPS) is 12.5. The van der Waals surface area contributed by atoms with Crippen LogP contribution in [0, 0.1) is 5.82 Å². The number of hydrogen-bond donors (Lipinski definition) is 1. The number of methoxy groups -OCH3 is 1. The topological polar surface area (TPSA) is 47.3 Å². The van der Waals surface area contributed by atoms with Crippen LogP contribution in [0.4, 0.5) is 4.39 Å². The van der Waals surface area contributed by atoms with Crippen molar-refractivity contribution >= 4 is 11.6 Å². The van der Waals surface area contributed by atoms with Gasteiger partial charge in [-0.25, -0.2) is 9.07 Å². The molecule has 1 atom stereocenters. The first-order valence-electron chi connectivity index (χ1n) is 5.24. The third-order valence-corrected chi connectivity index (χ3v) is 2.94. The first-order valence-corrected chi connectivity index (χ1v) is 5.61. The Morgan fingerprint density at radius 3 is 2.78 bits per heavy atom. The van der Waals surface area contributed by atoms with Gasteiger partial charge < -0.3 is 9.84 Å². The first-order chi connectivity index (χ1) is 8.52. The minimum absolute atomic E-state index is 0.275. The molecule has 0 aliphatic heterocycles. The fourth-order valence-corrected chi connectivity index (χ4v) is 1.90. The summed E-state index contributed by atoms with van der Waals surface area (Å²) in [5.41, 5.74) is 0.624. The number of aryl methyl sites for hydroxylation is 1. The molecule has 0 amide bonds. The Morgan fingerprint density at radius 1 is 1.44 bits per heavy atom. The van der Waals surface area contributed by atoms with E-state index in [0.717, 1.165) is 0 Å². The second-order valence-corrected chi connectivity index (χ2v) is 4.21. The molecule has 0 radical (unpaired) electrons. The highest BCUT2D eigenvalue weighted by molar-refractivity contribution is 6.31. The SMILES string of the molecule is COc1cc(C(O)c2cc(F)ccc2Cl)nn1C. The van der Waals surface area contributed by atoms with Crippen LogP contribution >= 0.6 is 11.6 Å². The van der Waals surface area contributed by atoms with E-state index >= 15 is 0 Å². The molecule has 0 saturated carbocycles. The predicted molar refractivity (Wildman–Crippen MR) is 65.2 cm³/mol. The van der Waals surface area contributed by atoms with Crippen molar-refractivity contribution < 1.29 is 14.2 Å². The van der Waals surface area contributed by atoms with Gasteiger partial charge in [-0.05, 0) is 18.2 Å². The van der Waals surface area contributed by atoms with Crippen molar-refractivity contribution in [2.24, 2.45) is 7.05 Å². The number of halogens is 2. The first kappa shape index (κ1) is 12.9. The Labute approximate surface area is 109 Å². The Morgan fingerprint density at radius 2 is 2.17 bits per heavy atom. The minimum Gasteiger partial charge on any atom is -0.481 e. The summed E-state index contributed by atoms with van der Waals surface area (Å²) < 4.78 is 19.7. The zero-order valence-corrected chi connectivity index (χ0v) is 10.6. The molecule has 1 N–H and O–H groups in total. The van der Waals surface area contributed by atoms with Gasteiger partial charge in [-0.2, -0.15) is 5.10 Å². The van der Waals surface area contributed by atoms with Crippen LogP contribution in [0.5, 0.6) is 5.88 Å². The van der Waals surface area contributed by atoms with Crippen molar-refractivity contribution in [3.05, 3.63) is 46.4 Å². The van der Waals surface area contributed by atoms with E-state index in [1.165, 1.54) is 30.0 Å². The molecule has 96 valence electrons. The number of hydrogen-bond acceptors (Lipinski definition) is 3. The number of ether oxygens (including phenoxy) is 1. The summed E-state index contributed by atoms with van der Waals surface area (Å²) in [5.74, 6) is 0.0351. The van der Waals surface area contributed by atoms with Crippen molar-refractivity contribution in [1.82, 2.24) is 9.78 Å². The molecule has 2 aromatic rings. The molecule has 18 heavy (non-hydrogen) atoms. The Kier molecular flexibility index (Phi) is 3.54. The van der Waals surface area contributed by atoms with Crippen LogP contribution in [-0.2, 0) is 7.05 Å². The van der Waals surface area contributed by atoms with Crippen LogP contribution in [0.2, 0.25) is 5.02 Å². The molecule has 2 rings (SSSR count). The summed E-state index contributed by atoms with van der Waals surface area (Å²) in [6, 6.07) is 5.40. The maximum Gasteiger partial charge on any atom is 0.211 e. The van der Waals surface area contributed by atoms with E-state index in [0.29, 0.717) is 11.6 Å². The molecule has 6 heteroatoms. The zero-order valence-electron chi connectivity index (χ0n) is 9.89. The van der Waals surface area contributed by atoms with Crippen LogP contribution in [0.1, 0.15) is 17.4 Å². The van der Waals surface area contributed by atoms with Gasteiger partial charge in [0.05, 0.1) is 12.8 Å². The van der Waals surface area contributed by atoms with E-state index in [1.54, 1.807) is 13.1 Å². The van der Waals surface area contributed by atoms with E-state index in [4.69, 9.17) is 16.3 Å². The third kappa shape index (κ3) is 2.32. The van der Waals surface area contributed by atoms with Gasteiger partial charge in [0.15, 0.2) is 0 Å². The number of nitrogens with zero attached hydrogens (tertiary/aromatic N) is 2. The van der Waals surface area contributed by atoms with Crippen molar-refractivity contribution in [2.75, 3.05) is 7.11 Å². The molecule has 0 aliphatic carbocycles. The van der Waals surface area contributed by atoms with Crippen LogP contribution in [0.25, 0.3) is 0 Å². The smallest absolute Gasteiger partial charge is 0.211 e. The highest BCUT2D eigenvalue weighted by atomic mass is 35.5. The van der Waals surface area contributed by atoms with E-state index in [2.05, 4.69) is 5.10 Å². The van der Waals surface area contributed by atoms with Gasteiger partial charge in [0.1, 0.15) is 11.9 Å². The Hall–Kier alpha value is -1.59. The highest BCUT2D eigenvalue weighted by Crippen LogP contribution is 2.29. The average molecular weight is 271 g/mol. The molecule has 4 nitrogen and oxygen atoms in total. The molecule has 0 saturated heterocycles. The predicted octanol–water partition coefficient (Wildman–Crippen LogP) is 2.30. The molecule has 1 aromatic carbocycles. The number of aliphatic hydroxyl groups excluding tert-OH is 1. The molecule has 1 heterocycles. The molecule has 1 unspecified atom stereocenters. The molecule has 0 fully saturated rings. The van der Waals surface area contributed by atoms with E-state index in [-0.39, 0.29) is 10.6 Å². The molecular formula is C12H12ClFN2O2. The molecule has 0 aliphatic rings. The van der Waals surface area contributed by atoms with Gasteiger partial charge >= 0.3 is 0 Å². The van der Waals surface area contributed by atoms with Crippen molar-refractivity contribution in [3.8, 4) is 5.88 Å². The lowest BCUT2D eigenvalue weighted by Gasteiger charge is -2.09. The Balaban J connectivity index is 2.40. The van der Waals surface area contributed by atoms with Crippen molar-refractivity contribution in [3.63, 3.8) is 0 Å². The van der Waals surface area contributed by atoms with Gasteiger partial charge in [-0.1, -0.05) is 11.6 Å². The summed E-state index contributed by atoms with van der Waals surface area (Å²) in [7, 11) is 3.19. The summed E-state index contributed by atoms with van der Waals surface area (Å²) in [6.45, 7) is 0. The monoisotopic (exact) mass is 270 g/mol.